The Kier molecular flexibility index (Phi) is 20.9. The first-order chi connectivity index (χ1) is 21.2. The molecule has 226 valence electrons. The van der Waals surface area contributed by atoms with Crippen LogP contribution in [0.2, 0.25) is 15.5 Å². The van der Waals surface area contributed by atoms with Crippen molar-refractivity contribution in [1.82, 2.24) is 15.0 Å². The Labute approximate surface area is 331 Å². The number of pyridine rings is 3. The summed E-state index contributed by atoms with van der Waals surface area (Å²) in [5.41, 5.74) is 6.52. The molecule has 0 saturated heterocycles. The maximum atomic E-state index is 10.7. The van der Waals surface area contributed by atoms with Gasteiger partial charge in [0.25, 0.3) is 5.69 Å². The molecule has 3 heterocycles. The molecule has 0 bridgehead atoms. The molecule has 6 rings (SSSR count). The number of anilines is 1. The summed E-state index contributed by atoms with van der Waals surface area (Å²) in [5, 5.41) is 26.9. The van der Waals surface area contributed by atoms with Crippen molar-refractivity contribution in [2.24, 2.45) is 5.34 Å². The number of nitrogen functional groups attached to an aromatic ring is 1. The number of nitrogens with zero attached hydrogens (tertiary/aromatic N) is 5. The summed E-state index contributed by atoms with van der Waals surface area (Å²) in [7, 11) is 9.87. The monoisotopic (exact) mass is 840 g/mol. The smallest absolute Gasteiger partial charge is 1.00 e. The van der Waals surface area contributed by atoms with E-state index in [1.807, 2.05) is 54.6 Å². The van der Waals surface area contributed by atoms with Gasteiger partial charge < -0.3 is 16.0 Å². The maximum absolute atomic E-state index is 10.7. The van der Waals surface area contributed by atoms with E-state index in [4.69, 9.17) is 68.5 Å². The van der Waals surface area contributed by atoms with Crippen LogP contribution in [0.15, 0.2) is 103 Å². The van der Waals surface area contributed by atoms with Gasteiger partial charge in [0.15, 0.2) is 0 Å². The molecule has 0 aliphatic heterocycles. The van der Waals surface area contributed by atoms with Gasteiger partial charge in [0, 0.05) is 51.9 Å². The van der Waals surface area contributed by atoms with Crippen molar-refractivity contribution in [2.75, 3.05) is 5.73 Å². The van der Waals surface area contributed by atoms with E-state index < -0.39 is 23.8 Å². The van der Waals surface area contributed by atoms with E-state index in [1.165, 1.54) is 17.6 Å². The van der Waals surface area contributed by atoms with Crippen LogP contribution in [0, 0.1) is 15.0 Å². The van der Waals surface area contributed by atoms with E-state index in [0.29, 0.717) is 21.1 Å². The molecule has 2 N–H and O–H groups in total. The number of hydrogen-bond donors (Lipinski definition) is 1. The van der Waals surface area contributed by atoms with Crippen molar-refractivity contribution in [2.45, 2.75) is 0 Å². The summed E-state index contributed by atoms with van der Waals surface area (Å²) in [4.78, 5) is 32.8. The Morgan fingerprint density at radius 1 is 0.711 bits per heavy atom. The molecule has 11 nitrogen and oxygen atoms in total. The average molecular weight is 842 g/mol. The summed E-state index contributed by atoms with van der Waals surface area (Å²) in [6, 6.07) is 23.7. The van der Waals surface area contributed by atoms with Gasteiger partial charge in [-0.25, -0.2) is 15.0 Å². The van der Waals surface area contributed by atoms with Crippen LogP contribution >= 0.6 is 52.6 Å². The third-order valence-corrected chi connectivity index (χ3v) is 6.28. The van der Waals surface area contributed by atoms with E-state index in [9.17, 15) is 10.1 Å². The predicted octanol–water partition coefficient (Wildman–Crippen LogP) is 5.12. The third-order valence-electron chi connectivity index (χ3n) is 5.38. The minimum atomic E-state index is -0.826. The first-order valence-corrected chi connectivity index (χ1v) is 20.1. The standard InChI is InChI=1S/C9H5ClN2O2.C9H7ClN2.C9H6ClN.2ClH.K.HNO3.Sn/c10-9-7-2-1-3-8(12(13)14)6(7)4-5-11-9;10-9-7-2-1-3-8(11)6(7)4-5-12-9;10-9-8-4-2-1-3-7(8)5-6-11-9;;;;2-1-4-3;/h1-5H;1-5H,11H2;1-6H;2*1H;;3H;/q;;;;;+1;;+2/p-3. The Hall–Kier alpha value is -1.66. The number of aromatic nitrogens is 3. The van der Waals surface area contributed by atoms with Crippen LogP contribution in [0.5, 0.6) is 0 Å². The van der Waals surface area contributed by atoms with E-state index in [1.54, 1.807) is 30.6 Å². The van der Waals surface area contributed by atoms with Crippen molar-refractivity contribution in [3.05, 3.63) is 128 Å². The van der Waals surface area contributed by atoms with Crippen LogP contribution in [-0.4, -0.2) is 38.8 Å². The Balaban J connectivity index is 0.000000304. The van der Waals surface area contributed by atoms with Crippen LogP contribution in [-0.2, 0) is 4.99 Å². The Bertz CT molecular complexity index is 1800. The Morgan fingerprint density at radius 2 is 1.16 bits per heavy atom. The fraction of sp³-hybridized carbons (Fsp3) is 0. The number of hydrogen-bond acceptors (Lipinski definition) is 10. The zero-order chi connectivity index (χ0) is 32.5. The van der Waals surface area contributed by atoms with Crippen molar-refractivity contribution < 1.29 is 66.6 Å². The zero-order valence-electron chi connectivity index (χ0n) is 23.0. The molecule has 0 unspecified atom stereocenters. The molecule has 0 aliphatic carbocycles. The predicted molar refractivity (Wildman–Crippen MR) is 176 cm³/mol. The maximum Gasteiger partial charge on any atom is 1.00 e. The molecular weight excluding hydrogens is 823 g/mol. The first-order valence-electron chi connectivity index (χ1n) is 11.7. The number of nitro groups is 1. The minimum Gasteiger partial charge on any atom is 1.00 e. The van der Waals surface area contributed by atoms with E-state index in [0.717, 1.165) is 27.2 Å². The molecule has 18 heteroatoms. The normalized spacial score (nSPS) is 9.38. The number of benzene rings is 3. The van der Waals surface area contributed by atoms with Crippen molar-refractivity contribution in [1.29, 1.82) is 0 Å². The van der Waals surface area contributed by atoms with Gasteiger partial charge in [-0.15, -0.1) is 4.91 Å². The van der Waals surface area contributed by atoms with Crippen LogP contribution < -0.4 is 62.4 Å². The average Bonchev–Trinajstić information content (AvgIpc) is 3.03. The van der Waals surface area contributed by atoms with Crippen LogP contribution in [0.25, 0.3) is 32.3 Å². The number of nitrogens with two attached hydrogens (primary N) is 1. The number of rotatable bonds is 2. The van der Waals surface area contributed by atoms with Gasteiger partial charge in [0.1, 0.15) is 20.8 Å². The molecule has 3 aromatic carbocycles. The van der Waals surface area contributed by atoms with E-state index in [-0.39, 0.29) is 62.2 Å². The molecule has 0 fully saturated rings. The molecule has 0 amide bonds. The number of nitro benzene ring substituents is 1. The second-order valence-corrected chi connectivity index (χ2v) is 13.1. The molecule has 0 spiro atoms. The molecular formula is C27H18Cl5KN6O5Sn. The molecule has 3 aromatic heterocycles. The largest absolute Gasteiger partial charge is 1.00 e. The summed E-state index contributed by atoms with van der Waals surface area (Å²) >= 11 is 16.7. The fourth-order valence-corrected chi connectivity index (χ4v) is 4.26. The van der Waals surface area contributed by atoms with Crippen molar-refractivity contribution in [3.63, 3.8) is 0 Å². The summed E-state index contributed by atoms with van der Waals surface area (Å²) in [6.45, 7) is 0. The summed E-state index contributed by atoms with van der Waals surface area (Å²) in [6.07, 6.45) is 4.82. The molecule has 6 aromatic rings. The van der Waals surface area contributed by atoms with Gasteiger partial charge in [0.2, 0.25) is 0 Å². The molecule has 2 radical (unpaired) electrons. The van der Waals surface area contributed by atoms with Gasteiger partial charge in [-0.1, -0.05) is 83.3 Å². The van der Waals surface area contributed by atoms with Gasteiger partial charge in [0.05, 0.1) is 10.3 Å². The minimum absolute atomic E-state index is 0. The third kappa shape index (κ3) is 13.2. The SMILES string of the molecule is Clc1nccc2ccccc12.Nc1cccc2c(Cl)nccc12.O=NO[O-].O=[N+]([O-])c1cccc2c(Cl)nccc12.[Cl][Sn][Cl].[K+]. The Morgan fingerprint density at radius 3 is 1.67 bits per heavy atom. The molecule has 0 atom stereocenters. The second-order valence-electron chi connectivity index (χ2n) is 7.82. The van der Waals surface area contributed by atoms with E-state index >= 15 is 0 Å². The first kappa shape index (κ1) is 41.4. The van der Waals surface area contributed by atoms with Gasteiger partial charge >= 0.3 is 88.1 Å². The van der Waals surface area contributed by atoms with Gasteiger partial charge in [-0.05, 0) is 29.7 Å². The summed E-state index contributed by atoms with van der Waals surface area (Å²) < 4.78 is 0. The second kappa shape index (κ2) is 22.8. The number of halogens is 5. The zero-order valence-corrected chi connectivity index (χ0v) is 32.7. The van der Waals surface area contributed by atoms with Crippen LogP contribution in [0.1, 0.15) is 0 Å². The van der Waals surface area contributed by atoms with Crippen molar-refractivity contribution >= 4 is 115 Å². The van der Waals surface area contributed by atoms with Crippen LogP contribution in [0.3, 0.4) is 0 Å². The number of fused-ring (bicyclic) bond motifs is 3. The topological polar surface area (TPSA) is 170 Å². The molecule has 0 aliphatic rings. The van der Waals surface area contributed by atoms with Gasteiger partial charge in [-0.3, -0.25) is 10.1 Å². The quantitative estimate of drug-likeness (QED) is 0.0474. The number of non-ortho nitro benzene ring substituents is 1. The fourth-order valence-electron chi connectivity index (χ4n) is 3.59. The van der Waals surface area contributed by atoms with Crippen LogP contribution in [0.4, 0.5) is 11.4 Å². The summed E-state index contributed by atoms with van der Waals surface area (Å²) in [5.74, 6) is 0. The molecule has 45 heavy (non-hydrogen) atoms. The van der Waals surface area contributed by atoms with E-state index in [2.05, 4.69) is 19.9 Å². The van der Waals surface area contributed by atoms with Gasteiger partial charge in [-0.2, -0.15) is 0 Å². The molecule has 0 saturated carbocycles. The van der Waals surface area contributed by atoms with Crippen molar-refractivity contribution in [3.8, 4) is 0 Å².